The standard InChI is InChI=1S/C16H17FN4O2S/c1-9-7-21(15-19-10(2)13(24-15)14(18)22)16(23)20(9)8-11-3-5-12(17)6-4-11/h3-6,9H,7-8H2,1-2H3,(H2,18,22)/t9-/m0/s1. The number of anilines is 1. The molecule has 24 heavy (non-hydrogen) atoms. The molecule has 1 aromatic carbocycles. The number of urea groups is 1. The van der Waals surface area contributed by atoms with E-state index in [0.717, 1.165) is 16.9 Å². The number of thiazole rings is 1. The van der Waals surface area contributed by atoms with Crippen molar-refractivity contribution in [3.8, 4) is 0 Å². The highest BCUT2D eigenvalue weighted by molar-refractivity contribution is 7.17. The van der Waals surface area contributed by atoms with Crippen molar-refractivity contribution in [2.24, 2.45) is 5.73 Å². The average Bonchev–Trinajstić information content (AvgIpc) is 3.04. The van der Waals surface area contributed by atoms with E-state index in [1.807, 2.05) is 6.92 Å². The zero-order valence-corrected chi connectivity index (χ0v) is 14.1. The van der Waals surface area contributed by atoms with E-state index in [0.29, 0.717) is 28.8 Å². The minimum atomic E-state index is -0.542. The van der Waals surface area contributed by atoms with Crippen LogP contribution in [0.5, 0.6) is 0 Å². The van der Waals surface area contributed by atoms with Crippen molar-refractivity contribution < 1.29 is 14.0 Å². The molecule has 2 heterocycles. The number of carbonyl (C=O) groups is 2. The molecule has 0 aliphatic carbocycles. The van der Waals surface area contributed by atoms with Gasteiger partial charge in [-0.15, -0.1) is 0 Å². The van der Waals surface area contributed by atoms with Crippen molar-refractivity contribution in [1.29, 1.82) is 0 Å². The molecule has 6 nitrogen and oxygen atoms in total. The first-order chi connectivity index (χ1) is 11.4. The molecule has 1 fully saturated rings. The van der Waals surface area contributed by atoms with Gasteiger partial charge < -0.3 is 10.6 Å². The van der Waals surface area contributed by atoms with Crippen LogP contribution in [0.3, 0.4) is 0 Å². The Kier molecular flexibility index (Phi) is 4.23. The summed E-state index contributed by atoms with van der Waals surface area (Å²) in [5.41, 5.74) is 6.70. The van der Waals surface area contributed by atoms with Crippen LogP contribution in [0.2, 0.25) is 0 Å². The SMILES string of the molecule is Cc1nc(N2C[C@H](C)N(Cc3ccc(F)cc3)C2=O)sc1C(N)=O. The van der Waals surface area contributed by atoms with Crippen LogP contribution >= 0.6 is 11.3 Å². The number of aromatic nitrogens is 1. The highest BCUT2D eigenvalue weighted by atomic mass is 32.1. The monoisotopic (exact) mass is 348 g/mol. The molecule has 3 amide bonds. The smallest absolute Gasteiger partial charge is 0.326 e. The fraction of sp³-hybridized carbons (Fsp3) is 0.312. The number of hydrogen-bond acceptors (Lipinski definition) is 4. The number of benzene rings is 1. The van der Waals surface area contributed by atoms with E-state index >= 15 is 0 Å². The second-order valence-electron chi connectivity index (χ2n) is 5.77. The van der Waals surface area contributed by atoms with Gasteiger partial charge in [0.1, 0.15) is 10.7 Å². The molecule has 1 atom stereocenters. The second-order valence-corrected chi connectivity index (χ2v) is 6.75. The molecule has 0 unspecified atom stereocenters. The summed E-state index contributed by atoms with van der Waals surface area (Å²) in [7, 11) is 0. The molecule has 1 aliphatic rings. The van der Waals surface area contributed by atoms with Crippen molar-refractivity contribution in [3.63, 3.8) is 0 Å². The second kappa shape index (κ2) is 6.20. The normalized spacial score (nSPS) is 17.6. The Hall–Kier alpha value is -2.48. The maximum absolute atomic E-state index is 13.0. The molecule has 0 saturated carbocycles. The van der Waals surface area contributed by atoms with Crippen LogP contribution in [0.1, 0.15) is 27.9 Å². The maximum Gasteiger partial charge on any atom is 0.326 e. The van der Waals surface area contributed by atoms with Crippen molar-refractivity contribution >= 4 is 28.4 Å². The number of halogens is 1. The average molecular weight is 348 g/mol. The Balaban J connectivity index is 1.81. The van der Waals surface area contributed by atoms with Gasteiger partial charge in [0.15, 0.2) is 5.13 Å². The van der Waals surface area contributed by atoms with Crippen molar-refractivity contribution in [1.82, 2.24) is 9.88 Å². The molecule has 0 bridgehead atoms. The number of nitrogens with two attached hydrogens (primary N) is 1. The van der Waals surface area contributed by atoms with Gasteiger partial charge in [-0.1, -0.05) is 23.5 Å². The van der Waals surface area contributed by atoms with Crippen LogP contribution in [-0.2, 0) is 6.54 Å². The third-order valence-corrected chi connectivity index (χ3v) is 5.16. The molecule has 1 saturated heterocycles. The Morgan fingerprint density at radius 1 is 1.42 bits per heavy atom. The largest absolute Gasteiger partial charge is 0.365 e. The lowest BCUT2D eigenvalue weighted by Gasteiger charge is -2.20. The van der Waals surface area contributed by atoms with E-state index in [2.05, 4.69) is 4.98 Å². The summed E-state index contributed by atoms with van der Waals surface area (Å²) in [6.07, 6.45) is 0. The van der Waals surface area contributed by atoms with Crippen LogP contribution in [-0.4, -0.2) is 34.4 Å². The van der Waals surface area contributed by atoms with E-state index in [9.17, 15) is 14.0 Å². The number of hydrogen-bond donors (Lipinski definition) is 1. The molecular formula is C16H17FN4O2S. The van der Waals surface area contributed by atoms with Gasteiger partial charge in [0, 0.05) is 12.6 Å². The minimum absolute atomic E-state index is 0.0243. The minimum Gasteiger partial charge on any atom is -0.365 e. The fourth-order valence-electron chi connectivity index (χ4n) is 2.68. The number of nitrogens with zero attached hydrogens (tertiary/aromatic N) is 3. The molecule has 1 aliphatic heterocycles. The van der Waals surface area contributed by atoms with Crippen molar-refractivity contribution in [2.45, 2.75) is 26.4 Å². The molecule has 0 spiro atoms. The van der Waals surface area contributed by atoms with Crippen LogP contribution < -0.4 is 10.6 Å². The molecule has 8 heteroatoms. The van der Waals surface area contributed by atoms with Crippen LogP contribution in [0, 0.1) is 12.7 Å². The van der Waals surface area contributed by atoms with Gasteiger partial charge in [0.05, 0.1) is 12.2 Å². The summed E-state index contributed by atoms with van der Waals surface area (Å²) in [4.78, 5) is 32.0. The van der Waals surface area contributed by atoms with Crippen LogP contribution in [0.25, 0.3) is 0 Å². The first-order valence-electron chi connectivity index (χ1n) is 7.46. The third-order valence-electron chi connectivity index (χ3n) is 3.96. The third kappa shape index (κ3) is 2.96. The summed E-state index contributed by atoms with van der Waals surface area (Å²) in [5, 5.41) is 0.472. The number of primary amides is 1. The topological polar surface area (TPSA) is 79.5 Å². The quantitative estimate of drug-likeness (QED) is 0.922. The zero-order valence-electron chi connectivity index (χ0n) is 13.3. The van der Waals surface area contributed by atoms with E-state index in [1.54, 1.807) is 28.9 Å². The predicted molar refractivity (Wildman–Crippen MR) is 89.5 cm³/mol. The summed E-state index contributed by atoms with van der Waals surface area (Å²) in [5.74, 6) is -0.850. The molecule has 2 aromatic rings. The van der Waals surface area contributed by atoms with Gasteiger partial charge in [0.2, 0.25) is 0 Å². The first-order valence-corrected chi connectivity index (χ1v) is 8.28. The van der Waals surface area contributed by atoms with E-state index < -0.39 is 5.91 Å². The van der Waals surface area contributed by atoms with E-state index in [1.165, 1.54) is 12.1 Å². The highest BCUT2D eigenvalue weighted by Crippen LogP contribution is 2.30. The summed E-state index contributed by atoms with van der Waals surface area (Å²) < 4.78 is 13.0. The Labute approximate surface area is 142 Å². The number of rotatable bonds is 4. The van der Waals surface area contributed by atoms with Gasteiger partial charge in [0.25, 0.3) is 5.91 Å². The predicted octanol–water partition coefficient (Wildman–Crippen LogP) is 2.52. The Morgan fingerprint density at radius 3 is 2.67 bits per heavy atom. The first kappa shape index (κ1) is 16.4. The summed E-state index contributed by atoms with van der Waals surface area (Å²) in [6.45, 7) is 4.51. The lowest BCUT2D eigenvalue weighted by Crippen LogP contribution is -2.33. The number of amides is 3. The summed E-state index contributed by atoms with van der Waals surface area (Å²) in [6, 6.07) is 5.87. The summed E-state index contributed by atoms with van der Waals surface area (Å²) >= 11 is 1.12. The Bertz CT molecular complexity index is 790. The molecule has 2 N–H and O–H groups in total. The van der Waals surface area contributed by atoms with Crippen LogP contribution in [0.15, 0.2) is 24.3 Å². The molecular weight excluding hydrogens is 331 g/mol. The van der Waals surface area contributed by atoms with Gasteiger partial charge in [-0.25, -0.2) is 14.2 Å². The van der Waals surface area contributed by atoms with Gasteiger partial charge in [-0.2, -0.15) is 0 Å². The maximum atomic E-state index is 13.0. The van der Waals surface area contributed by atoms with E-state index in [4.69, 9.17) is 5.73 Å². The molecule has 1 aromatic heterocycles. The van der Waals surface area contributed by atoms with Gasteiger partial charge >= 0.3 is 6.03 Å². The lowest BCUT2D eigenvalue weighted by atomic mass is 10.2. The number of aryl methyl sites for hydroxylation is 1. The van der Waals surface area contributed by atoms with Crippen molar-refractivity contribution in [3.05, 3.63) is 46.2 Å². The Morgan fingerprint density at radius 2 is 2.08 bits per heavy atom. The molecule has 0 radical (unpaired) electrons. The van der Waals surface area contributed by atoms with Crippen molar-refractivity contribution in [2.75, 3.05) is 11.4 Å². The fourth-order valence-corrected chi connectivity index (χ4v) is 3.60. The lowest BCUT2D eigenvalue weighted by molar-refractivity contribution is 0.100. The molecule has 3 rings (SSSR count). The van der Waals surface area contributed by atoms with Crippen LogP contribution in [0.4, 0.5) is 14.3 Å². The number of carbonyl (C=O) groups excluding carboxylic acids is 2. The van der Waals surface area contributed by atoms with Gasteiger partial charge in [-0.05, 0) is 31.5 Å². The van der Waals surface area contributed by atoms with Gasteiger partial charge in [-0.3, -0.25) is 9.69 Å². The zero-order chi connectivity index (χ0) is 17.4. The highest BCUT2D eigenvalue weighted by Gasteiger charge is 2.37. The van der Waals surface area contributed by atoms with E-state index in [-0.39, 0.29) is 17.9 Å². The molecule has 126 valence electrons.